The number of hydrogen-bond acceptors (Lipinski definition) is 3. The van der Waals surface area contributed by atoms with Crippen molar-refractivity contribution in [2.45, 2.75) is 0 Å². The van der Waals surface area contributed by atoms with Crippen LogP contribution in [-0.2, 0) is 7.05 Å². The molecule has 0 saturated carbocycles. The molecule has 2 aromatic heterocycles. The van der Waals surface area contributed by atoms with Crippen LogP contribution in [0.15, 0.2) is 45.3 Å². The van der Waals surface area contributed by atoms with Crippen LogP contribution in [0.25, 0.3) is 43.7 Å². The smallest absolute Gasteiger partial charge is 0.259 e. The van der Waals surface area contributed by atoms with Gasteiger partial charge in [0, 0.05) is 38.6 Å². The highest BCUT2D eigenvalue weighted by Gasteiger charge is 2.36. The summed E-state index contributed by atoms with van der Waals surface area (Å²) in [7, 11) is 1.88. The first-order chi connectivity index (χ1) is 13.5. The van der Waals surface area contributed by atoms with Crippen molar-refractivity contribution in [3.05, 3.63) is 57.8 Å². The van der Waals surface area contributed by atoms with Crippen LogP contribution in [0, 0.1) is 5.82 Å². The number of halogens is 2. The summed E-state index contributed by atoms with van der Waals surface area (Å²) in [6, 6.07) is 9.96. The molecule has 0 fully saturated rings. The number of carbonyl (C=O) groups is 2. The normalized spacial score (nSPS) is 14.0. The Labute approximate surface area is 164 Å². The molecular formula is C21H10BrFN2O3. The van der Waals surface area contributed by atoms with Crippen molar-refractivity contribution in [3.8, 4) is 0 Å². The van der Waals surface area contributed by atoms with Gasteiger partial charge in [-0.25, -0.2) is 4.39 Å². The van der Waals surface area contributed by atoms with Crippen molar-refractivity contribution in [2.24, 2.45) is 7.05 Å². The Hall–Kier alpha value is -3.19. The summed E-state index contributed by atoms with van der Waals surface area (Å²) >= 11 is 3.48. The third-order valence-electron chi connectivity index (χ3n) is 5.46. The molecule has 0 saturated heterocycles. The van der Waals surface area contributed by atoms with Crippen LogP contribution < -0.4 is 5.32 Å². The average Bonchev–Trinajstić information content (AvgIpc) is 3.25. The summed E-state index contributed by atoms with van der Waals surface area (Å²) in [5, 5.41) is 4.82. The van der Waals surface area contributed by atoms with E-state index in [1.54, 1.807) is 0 Å². The van der Waals surface area contributed by atoms with E-state index in [1.807, 2.05) is 29.8 Å². The van der Waals surface area contributed by atoms with Gasteiger partial charge in [0.1, 0.15) is 11.4 Å². The van der Waals surface area contributed by atoms with Gasteiger partial charge in [0.25, 0.3) is 11.8 Å². The van der Waals surface area contributed by atoms with Crippen LogP contribution in [0.3, 0.4) is 0 Å². The number of nitrogens with one attached hydrogen (secondary N) is 1. The number of furan rings is 1. The molecule has 3 aromatic carbocycles. The molecule has 3 heterocycles. The summed E-state index contributed by atoms with van der Waals surface area (Å²) < 4.78 is 22.8. The summed E-state index contributed by atoms with van der Waals surface area (Å²) in [6.45, 7) is 0. The van der Waals surface area contributed by atoms with Gasteiger partial charge in [0.2, 0.25) is 0 Å². The quantitative estimate of drug-likeness (QED) is 0.346. The standard InChI is InChI=1S/C21H10BrFN2O3/c1-25-12-4-2-8(22)6-10(12)14-16-17(21(27)24-20(16)26)15-11-7-9(23)3-5-13(11)28-19(15)18(14)25/h2-7H,1H3,(H,24,26,27). The van der Waals surface area contributed by atoms with E-state index in [0.717, 1.165) is 15.4 Å². The lowest BCUT2D eigenvalue weighted by molar-refractivity contribution is 0.0880. The maximum atomic E-state index is 14.0. The number of imide groups is 1. The average molecular weight is 437 g/mol. The molecule has 1 aliphatic rings. The van der Waals surface area contributed by atoms with Gasteiger partial charge in [-0.3, -0.25) is 14.9 Å². The molecule has 5 aromatic rings. The first-order valence-corrected chi connectivity index (χ1v) is 9.36. The van der Waals surface area contributed by atoms with E-state index < -0.39 is 17.6 Å². The van der Waals surface area contributed by atoms with Crippen molar-refractivity contribution in [1.29, 1.82) is 0 Å². The highest BCUT2D eigenvalue weighted by atomic mass is 79.9. The molecule has 0 unspecified atom stereocenters. The first-order valence-electron chi connectivity index (χ1n) is 8.56. The molecule has 0 aliphatic carbocycles. The minimum absolute atomic E-state index is 0.240. The fourth-order valence-corrected chi connectivity index (χ4v) is 4.71. The lowest BCUT2D eigenvalue weighted by atomic mass is 9.97. The molecule has 0 atom stereocenters. The van der Waals surface area contributed by atoms with Gasteiger partial charge >= 0.3 is 0 Å². The number of fused-ring (bicyclic) bond motifs is 10. The fraction of sp³-hybridized carbons (Fsp3) is 0.0476. The second kappa shape index (κ2) is 4.99. The van der Waals surface area contributed by atoms with Gasteiger partial charge in [0.05, 0.1) is 16.6 Å². The SMILES string of the molecule is Cn1c2ccc(Br)cc2c2c3c(c4c5cc(F)ccc5oc4c21)C(=O)NC3=O. The zero-order chi connectivity index (χ0) is 19.3. The van der Waals surface area contributed by atoms with Crippen molar-refractivity contribution in [2.75, 3.05) is 0 Å². The third kappa shape index (κ3) is 1.75. The highest BCUT2D eigenvalue weighted by molar-refractivity contribution is 9.10. The van der Waals surface area contributed by atoms with Crippen molar-refractivity contribution >= 4 is 71.5 Å². The Morgan fingerprint density at radius 1 is 1.00 bits per heavy atom. The molecule has 1 N–H and O–H groups in total. The Morgan fingerprint density at radius 2 is 1.75 bits per heavy atom. The lowest BCUT2D eigenvalue weighted by Crippen LogP contribution is -2.20. The largest absolute Gasteiger partial charge is 0.454 e. The second-order valence-electron chi connectivity index (χ2n) is 6.92. The van der Waals surface area contributed by atoms with E-state index in [-0.39, 0.29) is 5.56 Å². The minimum Gasteiger partial charge on any atom is -0.454 e. The molecule has 6 rings (SSSR count). The number of aryl methyl sites for hydroxylation is 1. The van der Waals surface area contributed by atoms with E-state index in [9.17, 15) is 14.0 Å². The topological polar surface area (TPSA) is 64.2 Å². The van der Waals surface area contributed by atoms with Crippen molar-refractivity contribution in [1.82, 2.24) is 9.88 Å². The summed E-state index contributed by atoms with van der Waals surface area (Å²) in [6.07, 6.45) is 0. The molecule has 2 amide bonds. The van der Waals surface area contributed by atoms with Crippen LogP contribution in [0.1, 0.15) is 20.7 Å². The number of nitrogens with zero attached hydrogens (tertiary/aromatic N) is 1. The van der Waals surface area contributed by atoms with E-state index in [4.69, 9.17) is 4.42 Å². The Balaban J connectivity index is 2.03. The van der Waals surface area contributed by atoms with E-state index >= 15 is 0 Å². The van der Waals surface area contributed by atoms with Gasteiger partial charge in [-0.2, -0.15) is 0 Å². The van der Waals surface area contributed by atoms with Crippen molar-refractivity contribution < 1.29 is 18.4 Å². The zero-order valence-corrected chi connectivity index (χ0v) is 16.0. The van der Waals surface area contributed by atoms with Crippen LogP contribution in [0.5, 0.6) is 0 Å². The van der Waals surface area contributed by atoms with Crippen LogP contribution in [0.2, 0.25) is 0 Å². The molecule has 0 bridgehead atoms. The zero-order valence-electron chi connectivity index (χ0n) is 14.4. The van der Waals surface area contributed by atoms with Gasteiger partial charge in [0.15, 0.2) is 5.58 Å². The molecule has 1 aliphatic heterocycles. The second-order valence-corrected chi connectivity index (χ2v) is 7.84. The molecule has 136 valence electrons. The van der Waals surface area contributed by atoms with Gasteiger partial charge < -0.3 is 8.98 Å². The van der Waals surface area contributed by atoms with E-state index in [2.05, 4.69) is 21.2 Å². The summed E-state index contributed by atoms with van der Waals surface area (Å²) in [4.78, 5) is 25.4. The predicted molar refractivity (Wildman–Crippen MR) is 107 cm³/mol. The Kier molecular flexibility index (Phi) is 2.82. The lowest BCUT2D eigenvalue weighted by Gasteiger charge is -2.03. The molecule has 28 heavy (non-hydrogen) atoms. The molecule has 0 radical (unpaired) electrons. The maximum absolute atomic E-state index is 14.0. The van der Waals surface area contributed by atoms with E-state index in [1.165, 1.54) is 18.2 Å². The van der Waals surface area contributed by atoms with Crippen LogP contribution in [0.4, 0.5) is 4.39 Å². The molecule has 5 nitrogen and oxygen atoms in total. The number of aromatic nitrogens is 1. The Bertz CT molecular complexity index is 1560. The number of carbonyl (C=O) groups excluding carboxylic acids is 2. The highest BCUT2D eigenvalue weighted by Crippen LogP contribution is 2.44. The number of benzene rings is 3. The summed E-state index contributed by atoms with van der Waals surface area (Å²) in [5.74, 6) is -1.38. The summed E-state index contributed by atoms with van der Waals surface area (Å²) in [5.41, 5.74) is 3.07. The molecular weight excluding hydrogens is 427 g/mol. The van der Waals surface area contributed by atoms with Gasteiger partial charge in [-0.05, 0) is 36.4 Å². The molecule has 7 heteroatoms. The molecule has 0 spiro atoms. The number of hydrogen-bond donors (Lipinski definition) is 1. The first kappa shape index (κ1) is 15.8. The van der Waals surface area contributed by atoms with Crippen molar-refractivity contribution in [3.63, 3.8) is 0 Å². The number of amides is 2. The number of rotatable bonds is 0. The predicted octanol–water partition coefficient (Wildman–Crippen LogP) is 5.02. The van der Waals surface area contributed by atoms with Gasteiger partial charge in [-0.1, -0.05) is 15.9 Å². The Morgan fingerprint density at radius 3 is 2.54 bits per heavy atom. The fourth-order valence-electron chi connectivity index (χ4n) is 4.35. The van der Waals surface area contributed by atoms with E-state index in [0.29, 0.717) is 38.4 Å². The third-order valence-corrected chi connectivity index (χ3v) is 5.95. The minimum atomic E-state index is -0.495. The monoisotopic (exact) mass is 436 g/mol. The van der Waals surface area contributed by atoms with Gasteiger partial charge in [-0.15, -0.1) is 0 Å². The van der Waals surface area contributed by atoms with Crippen LogP contribution in [-0.4, -0.2) is 16.4 Å². The van der Waals surface area contributed by atoms with Crippen LogP contribution >= 0.6 is 15.9 Å². The maximum Gasteiger partial charge on any atom is 0.259 e.